The smallest absolute Gasteiger partial charge is 0.0599 e. The Morgan fingerprint density at radius 3 is 2.12 bits per heavy atom. The van der Waals surface area contributed by atoms with Crippen molar-refractivity contribution in [1.29, 1.82) is 0 Å². The van der Waals surface area contributed by atoms with Gasteiger partial charge in [-0.3, -0.25) is 0 Å². The van der Waals surface area contributed by atoms with Gasteiger partial charge in [0, 0.05) is 0 Å². The summed E-state index contributed by atoms with van der Waals surface area (Å²) in [4.78, 5) is 0. The van der Waals surface area contributed by atoms with Crippen molar-refractivity contribution in [3.8, 4) is 0 Å². The van der Waals surface area contributed by atoms with Crippen molar-refractivity contribution in [1.82, 2.24) is 0 Å². The molecule has 16 heavy (non-hydrogen) atoms. The van der Waals surface area contributed by atoms with Crippen LogP contribution in [0, 0.1) is 16.2 Å². The van der Waals surface area contributed by atoms with Crippen molar-refractivity contribution in [3.05, 3.63) is 0 Å². The summed E-state index contributed by atoms with van der Waals surface area (Å²) in [5.74, 6) is 0. The van der Waals surface area contributed by atoms with E-state index in [0.29, 0.717) is 0 Å². The van der Waals surface area contributed by atoms with E-state index in [1.165, 1.54) is 0 Å². The lowest BCUT2D eigenvalue weighted by Crippen LogP contribution is -2.62. The van der Waals surface area contributed by atoms with E-state index >= 15 is 0 Å². The van der Waals surface area contributed by atoms with Gasteiger partial charge in [-0.1, -0.05) is 34.1 Å². The van der Waals surface area contributed by atoms with Crippen LogP contribution in [0.3, 0.4) is 0 Å². The normalized spacial score (nSPS) is 52.1. The highest BCUT2D eigenvalue weighted by atomic mass is 16.3. The quantitative estimate of drug-likeness (QED) is 0.667. The minimum Gasteiger partial charge on any atom is -0.393 e. The number of aliphatic hydroxyl groups excluding tert-OH is 2. The van der Waals surface area contributed by atoms with Crippen molar-refractivity contribution in [3.63, 3.8) is 0 Å². The predicted octanol–water partition coefficient (Wildman–Crippen LogP) is 2.72. The summed E-state index contributed by atoms with van der Waals surface area (Å²) in [5, 5.41) is 20.6. The first-order valence-electron chi connectivity index (χ1n) is 6.62. The minimum absolute atomic E-state index is 0.0199. The SMILES string of the molecule is CC1(C)[C@H](O)CC[C@]2(C)[C@H](O)CCC[C@]12C. The van der Waals surface area contributed by atoms with Gasteiger partial charge in [-0.2, -0.15) is 0 Å². The van der Waals surface area contributed by atoms with Crippen LogP contribution in [0.2, 0.25) is 0 Å². The number of rotatable bonds is 0. The van der Waals surface area contributed by atoms with Gasteiger partial charge in [-0.15, -0.1) is 0 Å². The molecule has 2 saturated carbocycles. The molecule has 2 aliphatic rings. The number of fused-ring (bicyclic) bond motifs is 1. The highest BCUT2D eigenvalue weighted by molar-refractivity contribution is 5.11. The van der Waals surface area contributed by atoms with Crippen molar-refractivity contribution >= 4 is 0 Å². The average molecular weight is 226 g/mol. The summed E-state index contributed by atoms with van der Waals surface area (Å²) in [6, 6.07) is 0. The second-order valence-electron chi connectivity index (χ2n) is 6.93. The van der Waals surface area contributed by atoms with E-state index in [1.807, 2.05) is 0 Å². The fraction of sp³-hybridized carbons (Fsp3) is 1.00. The highest BCUT2D eigenvalue weighted by Gasteiger charge is 2.62. The van der Waals surface area contributed by atoms with Crippen LogP contribution >= 0.6 is 0 Å². The van der Waals surface area contributed by atoms with Crippen LogP contribution in [-0.4, -0.2) is 22.4 Å². The van der Waals surface area contributed by atoms with E-state index < -0.39 is 0 Å². The standard InChI is InChI=1S/C14H26O2/c1-12(2)10(15)7-9-13(3)11(16)6-5-8-14(12,13)4/h10-11,15-16H,5-9H2,1-4H3/t10-,11-,13-,14-/m1/s1. The molecule has 2 aliphatic carbocycles. The molecule has 0 heterocycles. The lowest BCUT2D eigenvalue weighted by molar-refractivity contribution is -0.216. The molecule has 0 radical (unpaired) electrons. The Hall–Kier alpha value is -0.0800. The van der Waals surface area contributed by atoms with Crippen LogP contribution in [0.4, 0.5) is 0 Å². The summed E-state index contributed by atoms with van der Waals surface area (Å²) in [5.41, 5.74) is -0.0648. The second-order valence-corrected chi connectivity index (χ2v) is 6.93. The minimum atomic E-state index is -0.226. The molecule has 0 amide bonds. The molecular formula is C14H26O2. The van der Waals surface area contributed by atoms with Gasteiger partial charge in [0.1, 0.15) is 0 Å². The zero-order valence-corrected chi connectivity index (χ0v) is 11.1. The molecule has 2 nitrogen and oxygen atoms in total. The van der Waals surface area contributed by atoms with Crippen molar-refractivity contribution in [2.75, 3.05) is 0 Å². The Morgan fingerprint density at radius 2 is 1.50 bits per heavy atom. The zero-order valence-electron chi connectivity index (χ0n) is 11.1. The van der Waals surface area contributed by atoms with E-state index in [-0.39, 0.29) is 28.5 Å². The molecule has 2 rings (SSSR count). The molecule has 2 N–H and O–H groups in total. The molecule has 0 aromatic heterocycles. The van der Waals surface area contributed by atoms with Gasteiger partial charge in [-0.05, 0) is 41.9 Å². The maximum atomic E-state index is 10.4. The molecule has 0 aromatic carbocycles. The molecule has 4 atom stereocenters. The first-order chi connectivity index (χ1) is 7.26. The lowest BCUT2D eigenvalue weighted by Gasteiger charge is -2.64. The average Bonchev–Trinajstić information content (AvgIpc) is 2.20. The van der Waals surface area contributed by atoms with Gasteiger partial charge < -0.3 is 10.2 Å². The number of aliphatic hydroxyl groups is 2. The highest BCUT2D eigenvalue weighted by Crippen LogP contribution is 2.65. The van der Waals surface area contributed by atoms with Crippen LogP contribution in [-0.2, 0) is 0 Å². The molecule has 0 bridgehead atoms. The Balaban J connectivity index is 2.45. The fourth-order valence-corrected chi connectivity index (χ4v) is 4.29. The molecule has 0 spiro atoms. The largest absolute Gasteiger partial charge is 0.393 e. The van der Waals surface area contributed by atoms with Gasteiger partial charge in [-0.25, -0.2) is 0 Å². The third-order valence-corrected chi connectivity index (χ3v) is 6.34. The van der Waals surface area contributed by atoms with E-state index in [0.717, 1.165) is 32.1 Å². The Kier molecular flexibility index (Phi) is 2.67. The van der Waals surface area contributed by atoms with Crippen molar-refractivity contribution in [2.45, 2.75) is 72.0 Å². The Bertz CT molecular complexity index is 286. The first-order valence-corrected chi connectivity index (χ1v) is 6.62. The van der Waals surface area contributed by atoms with Crippen LogP contribution in [0.15, 0.2) is 0 Å². The van der Waals surface area contributed by atoms with Gasteiger partial charge in [0.05, 0.1) is 12.2 Å². The zero-order chi connectivity index (χ0) is 12.2. The molecule has 2 heteroatoms. The predicted molar refractivity (Wildman–Crippen MR) is 65.1 cm³/mol. The summed E-state index contributed by atoms with van der Waals surface area (Å²) >= 11 is 0. The monoisotopic (exact) mass is 226 g/mol. The van der Waals surface area contributed by atoms with Crippen molar-refractivity contribution < 1.29 is 10.2 Å². The first kappa shape index (κ1) is 12.4. The Labute approximate surface area is 99.1 Å². The number of hydrogen-bond donors (Lipinski definition) is 2. The molecule has 0 aliphatic heterocycles. The van der Waals surface area contributed by atoms with Gasteiger partial charge >= 0.3 is 0 Å². The molecule has 0 saturated heterocycles. The van der Waals surface area contributed by atoms with E-state index in [4.69, 9.17) is 0 Å². The van der Waals surface area contributed by atoms with Crippen molar-refractivity contribution in [2.24, 2.45) is 16.2 Å². The molecule has 0 unspecified atom stereocenters. The van der Waals surface area contributed by atoms with Crippen LogP contribution in [0.5, 0.6) is 0 Å². The lowest BCUT2D eigenvalue weighted by atomic mass is 9.41. The van der Waals surface area contributed by atoms with Gasteiger partial charge in [0.2, 0.25) is 0 Å². The molecular weight excluding hydrogens is 200 g/mol. The summed E-state index contributed by atoms with van der Waals surface area (Å²) in [6.45, 7) is 8.85. The summed E-state index contributed by atoms with van der Waals surface area (Å²) in [7, 11) is 0. The maximum absolute atomic E-state index is 10.4. The molecule has 94 valence electrons. The van der Waals surface area contributed by atoms with E-state index in [9.17, 15) is 10.2 Å². The van der Waals surface area contributed by atoms with Crippen LogP contribution in [0.1, 0.15) is 59.8 Å². The van der Waals surface area contributed by atoms with E-state index in [2.05, 4.69) is 27.7 Å². The molecule has 0 aromatic rings. The molecule has 2 fully saturated rings. The second kappa shape index (κ2) is 3.46. The maximum Gasteiger partial charge on any atom is 0.0599 e. The fourth-order valence-electron chi connectivity index (χ4n) is 4.29. The topological polar surface area (TPSA) is 40.5 Å². The number of hydrogen-bond acceptors (Lipinski definition) is 2. The summed E-state index contributed by atoms with van der Waals surface area (Å²) < 4.78 is 0. The third kappa shape index (κ3) is 1.26. The third-order valence-electron chi connectivity index (χ3n) is 6.34. The van der Waals surface area contributed by atoms with Crippen LogP contribution in [0.25, 0.3) is 0 Å². The van der Waals surface area contributed by atoms with Crippen LogP contribution < -0.4 is 0 Å². The van der Waals surface area contributed by atoms with E-state index in [1.54, 1.807) is 0 Å². The summed E-state index contributed by atoms with van der Waals surface area (Å²) in [6.07, 6.45) is 4.51. The van der Waals surface area contributed by atoms with Gasteiger partial charge in [0.25, 0.3) is 0 Å². The Morgan fingerprint density at radius 1 is 0.875 bits per heavy atom. The van der Waals surface area contributed by atoms with Gasteiger partial charge in [0.15, 0.2) is 0 Å².